The average molecular weight is 251 g/mol. The minimum absolute atomic E-state index is 0.706. The van der Waals surface area contributed by atoms with Crippen LogP contribution in [0.4, 0.5) is 5.69 Å². The molecule has 1 heterocycles. The summed E-state index contributed by atoms with van der Waals surface area (Å²) in [5, 5.41) is 3.59. The molecule has 1 unspecified atom stereocenters. The van der Waals surface area contributed by atoms with Crippen LogP contribution in [0.25, 0.3) is 0 Å². The molecule has 98 valence electrons. The minimum atomic E-state index is 0.706. The lowest BCUT2D eigenvalue weighted by Gasteiger charge is -2.26. The van der Waals surface area contributed by atoms with Crippen molar-refractivity contribution >= 4 is 5.69 Å². The van der Waals surface area contributed by atoms with Gasteiger partial charge in [0.2, 0.25) is 0 Å². The van der Waals surface area contributed by atoms with Crippen molar-refractivity contribution in [2.45, 2.75) is 26.7 Å². The highest BCUT2D eigenvalue weighted by atomic mass is 14.9. The van der Waals surface area contributed by atoms with Gasteiger partial charge in [-0.3, -0.25) is 0 Å². The van der Waals surface area contributed by atoms with Gasteiger partial charge in [0, 0.05) is 12.2 Å². The van der Waals surface area contributed by atoms with Gasteiger partial charge in [-0.2, -0.15) is 0 Å². The molecule has 0 aliphatic carbocycles. The van der Waals surface area contributed by atoms with Crippen molar-refractivity contribution in [1.29, 1.82) is 0 Å². The van der Waals surface area contributed by atoms with E-state index in [1.54, 1.807) is 0 Å². The van der Waals surface area contributed by atoms with Crippen molar-refractivity contribution in [3.05, 3.63) is 64.7 Å². The van der Waals surface area contributed by atoms with E-state index in [0.29, 0.717) is 5.92 Å². The summed E-state index contributed by atoms with van der Waals surface area (Å²) < 4.78 is 0. The van der Waals surface area contributed by atoms with Crippen molar-refractivity contribution in [1.82, 2.24) is 0 Å². The van der Waals surface area contributed by atoms with Gasteiger partial charge in [0.25, 0.3) is 0 Å². The lowest BCUT2D eigenvalue weighted by atomic mass is 9.88. The van der Waals surface area contributed by atoms with Crippen LogP contribution in [0, 0.1) is 19.8 Å². The van der Waals surface area contributed by atoms with Gasteiger partial charge in [0.15, 0.2) is 0 Å². The second-order valence-corrected chi connectivity index (χ2v) is 5.80. The Balaban J connectivity index is 1.72. The number of nitrogens with one attached hydrogen (secondary N) is 1. The van der Waals surface area contributed by atoms with E-state index in [0.717, 1.165) is 6.54 Å². The van der Waals surface area contributed by atoms with Crippen LogP contribution in [0.5, 0.6) is 0 Å². The quantitative estimate of drug-likeness (QED) is 0.846. The number of aryl methyl sites for hydroxylation is 2. The Morgan fingerprint density at radius 3 is 2.53 bits per heavy atom. The van der Waals surface area contributed by atoms with Gasteiger partial charge in [0.1, 0.15) is 0 Å². The number of hydrogen-bond acceptors (Lipinski definition) is 1. The summed E-state index contributed by atoms with van der Waals surface area (Å²) in [6.07, 6.45) is 2.36. The third-order valence-electron chi connectivity index (χ3n) is 4.00. The molecule has 1 heteroatoms. The SMILES string of the molecule is Cc1ccc(CC2CNc3cc(C)ccc3C2)cc1. The van der Waals surface area contributed by atoms with Crippen molar-refractivity contribution in [3.8, 4) is 0 Å². The molecule has 0 bridgehead atoms. The monoisotopic (exact) mass is 251 g/mol. The number of hydrogen-bond donors (Lipinski definition) is 1. The molecule has 1 aliphatic rings. The lowest BCUT2D eigenvalue weighted by Crippen LogP contribution is -2.24. The Kier molecular flexibility index (Phi) is 3.29. The van der Waals surface area contributed by atoms with Crippen LogP contribution in [0.1, 0.15) is 22.3 Å². The third-order valence-corrected chi connectivity index (χ3v) is 4.00. The summed E-state index contributed by atoms with van der Waals surface area (Å²) in [6.45, 7) is 5.38. The summed E-state index contributed by atoms with van der Waals surface area (Å²) in [5.74, 6) is 0.706. The molecule has 1 nitrogen and oxygen atoms in total. The van der Waals surface area contributed by atoms with Crippen molar-refractivity contribution in [2.24, 2.45) is 5.92 Å². The lowest BCUT2D eigenvalue weighted by molar-refractivity contribution is 0.535. The maximum absolute atomic E-state index is 3.59. The molecule has 2 aromatic rings. The predicted octanol–water partition coefficient (Wildman–Crippen LogP) is 4.13. The van der Waals surface area contributed by atoms with Gasteiger partial charge < -0.3 is 5.32 Å². The molecule has 0 saturated carbocycles. The van der Waals surface area contributed by atoms with E-state index in [1.165, 1.54) is 40.8 Å². The van der Waals surface area contributed by atoms with Crippen LogP contribution in [0.3, 0.4) is 0 Å². The minimum Gasteiger partial charge on any atom is -0.385 e. The fraction of sp³-hybridized carbons (Fsp3) is 0.333. The molecule has 1 N–H and O–H groups in total. The molecule has 0 radical (unpaired) electrons. The summed E-state index contributed by atoms with van der Waals surface area (Å²) >= 11 is 0. The zero-order chi connectivity index (χ0) is 13.2. The van der Waals surface area contributed by atoms with Gasteiger partial charge in [-0.1, -0.05) is 42.0 Å². The Morgan fingerprint density at radius 2 is 1.74 bits per heavy atom. The van der Waals surface area contributed by atoms with Crippen molar-refractivity contribution in [3.63, 3.8) is 0 Å². The van der Waals surface area contributed by atoms with Gasteiger partial charge in [0.05, 0.1) is 0 Å². The Bertz CT molecular complexity index is 569. The highest BCUT2D eigenvalue weighted by Gasteiger charge is 2.18. The van der Waals surface area contributed by atoms with E-state index in [2.05, 4.69) is 61.6 Å². The first-order chi connectivity index (χ1) is 9.20. The summed E-state index contributed by atoms with van der Waals surface area (Å²) in [6, 6.07) is 15.7. The van der Waals surface area contributed by atoms with Gasteiger partial charge in [-0.25, -0.2) is 0 Å². The zero-order valence-corrected chi connectivity index (χ0v) is 11.7. The molecule has 0 saturated heterocycles. The topological polar surface area (TPSA) is 12.0 Å². The Labute approximate surface area is 115 Å². The van der Waals surface area contributed by atoms with Crippen LogP contribution in [0.2, 0.25) is 0 Å². The fourth-order valence-electron chi connectivity index (χ4n) is 2.87. The second-order valence-electron chi connectivity index (χ2n) is 5.80. The molecule has 0 aromatic heterocycles. The van der Waals surface area contributed by atoms with Crippen molar-refractivity contribution < 1.29 is 0 Å². The summed E-state index contributed by atoms with van der Waals surface area (Å²) in [7, 11) is 0. The summed E-state index contributed by atoms with van der Waals surface area (Å²) in [4.78, 5) is 0. The van der Waals surface area contributed by atoms with Gasteiger partial charge in [-0.15, -0.1) is 0 Å². The van der Waals surface area contributed by atoms with E-state index in [-0.39, 0.29) is 0 Å². The van der Waals surface area contributed by atoms with Crippen LogP contribution in [0.15, 0.2) is 42.5 Å². The highest BCUT2D eigenvalue weighted by Crippen LogP contribution is 2.27. The van der Waals surface area contributed by atoms with Gasteiger partial charge >= 0.3 is 0 Å². The van der Waals surface area contributed by atoms with Gasteiger partial charge in [-0.05, 0) is 55.4 Å². The predicted molar refractivity (Wildman–Crippen MR) is 81.7 cm³/mol. The average Bonchev–Trinajstić information content (AvgIpc) is 2.42. The number of rotatable bonds is 2. The standard InChI is InChI=1S/C18H21N/c1-13-3-6-15(7-4-13)10-16-11-17-8-5-14(2)9-18(17)19-12-16/h3-9,16,19H,10-12H2,1-2H3. The van der Waals surface area contributed by atoms with E-state index in [1.807, 2.05) is 0 Å². The Hall–Kier alpha value is -1.76. The smallest absolute Gasteiger partial charge is 0.0375 e. The van der Waals surface area contributed by atoms with E-state index in [9.17, 15) is 0 Å². The fourth-order valence-corrected chi connectivity index (χ4v) is 2.87. The first-order valence-corrected chi connectivity index (χ1v) is 7.09. The molecular weight excluding hydrogens is 230 g/mol. The van der Waals surface area contributed by atoms with E-state index in [4.69, 9.17) is 0 Å². The molecular formula is C18H21N. The number of benzene rings is 2. The third kappa shape index (κ3) is 2.81. The molecule has 0 amide bonds. The molecule has 2 aromatic carbocycles. The second kappa shape index (κ2) is 5.08. The first kappa shape index (κ1) is 12.3. The van der Waals surface area contributed by atoms with E-state index >= 15 is 0 Å². The molecule has 0 spiro atoms. The Morgan fingerprint density at radius 1 is 1.00 bits per heavy atom. The molecule has 19 heavy (non-hydrogen) atoms. The van der Waals surface area contributed by atoms with E-state index < -0.39 is 0 Å². The number of anilines is 1. The maximum atomic E-state index is 3.59. The molecule has 1 atom stereocenters. The van der Waals surface area contributed by atoms with Crippen LogP contribution in [-0.2, 0) is 12.8 Å². The molecule has 1 aliphatic heterocycles. The summed E-state index contributed by atoms with van der Waals surface area (Å²) in [5.41, 5.74) is 6.93. The van der Waals surface area contributed by atoms with Crippen LogP contribution in [-0.4, -0.2) is 6.54 Å². The first-order valence-electron chi connectivity index (χ1n) is 7.09. The molecule has 3 rings (SSSR count). The largest absolute Gasteiger partial charge is 0.385 e. The van der Waals surface area contributed by atoms with Crippen LogP contribution < -0.4 is 5.32 Å². The zero-order valence-electron chi connectivity index (χ0n) is 11.7. The normalized spacial score (nSPS) is 17.7. The maximum Gasteiger partial charge on any atom is 0.0375 e. The number of fused-ring (bicyclic) bond motifs is 1. The molecule has 0 fully saturated rings. The van der Waals surface area contributed by atoms with Crippen LogP contribution >= 0.6 is 0 Å². The highest BCUT2D eigenvalue weighted by molar-refractivity contribution is 5.55. The van der Waals surface area contributed by atoms with Crippen molar-refractivity contribution in [2.75, 3.05) is 11.9 Å².